The van der Waals surface area contributed by atoms with Gasteiger partial charge in [0.1, 0.15) is 0 Å². The lowest BCUT2D eigenvalue weighted by Crippen LogP contribution is -2.41. The first-order valence-electron chi connectivity index (χ1n) is 9.83. The van der Waals surface area contributed by atoms with Gasteiger partial charge in [0.2, 0.25) is 5.91 Å². The second-order valence-corrected chi connectivity index (χ2v) is 7.66. The summed E-state index contributed by atoms with van der Waals surface area (Å²) in [4.78, 5) is 14.7. The Labute approximate surface area is 151 Å². The summed E-state index contributed by atoms with van der Waals surface area (Å²) >= 11 is 0. The van der Waals surface area contributed by atoms with Gasteiger partial charge in [-0.05, 0) is 63.1 Å². The van der Waals surface area contributed by atoms with Crippen molar-refractivity contribution in [3.8, 4) is 0 Å². The van der Waals surface area contributed by atoms with E-state index in [9.17, 15) is 4.79 Å². The Morgan fingerprint density at radius 3 is 2.84 bits per heavy atom. The number of piperidine rings is 1. The average molecular weight is 344 g/mol. The van der Waals surface area contributed by atoms with E-state index in [1.807, 2.05) is 0 Å². The van der Waals surface area contributed by atoms with Crippen molar-refractivity contribution in [3.63, 3.8) is 0 Å². The molecule has 3 atom stereocenters. The molecular formula is C21H32N2O2. The highest BCUT2D eigenvalue weighted by atomic mass is 16.5. The van der Waals surface area contributed by atoms with Crippen molar-refractivity contribution >= 4 is 5.91 Å². The molecule has 0 aliphatic carbocycles. The lowest BCUT2D eigenvalue weighted by atomic mass is 9.85. The number of carbonyl (C=O) groups is 1. The first-order valence-corrected chi connectivity index (χ1v) is 9.83. The van der Waals surface area contributed by atoms with E-state index in [1.165, 1.54) is 24.8 Å². The molecule has 138 valence electrons. The summed E-state index contributed by atoms with van der Waals surface area (Å²) in [7, 11) is 2.20. The molecule has 4 heteroatoms. The second-order valence-electron chi connectivity index (χ2n) is 7.66. The zero-order valence-corrected chi connectivity index (χ0v) is 15.5. The van der Waals surface area contributed by atoms with Gasteiger partial charge in [0.05, 0.1) is 0 Å². The number of nitrogens with zero attached hydrogens (tertiary/aromatic N) is 1. The van der Waals surface area contributed by atoms with Gasteiger partial charge in [-0.2, -0.15) is 0 Å². The molecule has 3 rings (SSSR count). The number of nitrogens with one attached hydrogen (secondary N) is 1. The molecule has 2 saturated heterocycles. The Bertz CT molecular complexity index is 528. The van der Waals surface area contributed by atoms with E-state index in [0.717, 1.165) is 39.1 Å². The summed E-state index contributed by atoms with van der Waals surface area (Å²) in [6.45, 7) is 3.63. The topological polar surface area (TPSA) is 41.6 Å². The number of ether oxygens (including phenoxy) is 1. The van der Waals surface area contributed by atoms with Crippen LogP contribution >= 0.6 is 0 Å². The Hall–Kier alpha value is -1.39. The number of hydrogen-bond acceptors (Lipinski definition) is 3. The van der Waals surface area contributed by atoms with Crippen LogP contribution in [0.3, 0.4) is 0 Å². The number of benzene rings is 1. The minimum atomic E-state index is 0.200. The van der Waals surface area contributed by atoms with E-state index in [2.05, 4.69) is 47.6 Å². The standard InChI is InChI=1S/C21H32N2O2/c1-23-13-5-10-19(21(23)18-8-3-2-4-9-18)15-22-20(24)12-11-17-7-6-14-25-16-17/h2-4,8-9,17,19,21H,5-7,10-16H2,1H3,(H,22,24)/t17-,19-,21-/m1/s1. The summed E-state index contributed by atoms with van der Waals surface area (Å²) in [5.74, 6) is 1.26. The zero-order valence-electron chi connectivity index (χ0n) is 15.5. The van der Waals surface area contributed by atoms with Gasteiger partial charge in [-0.15, -0.1) is 0 Å². The molecule has 1 aromatic carbocycles. The number of hydrogen-bond donors (Lipinski definition) is 1. The summed E-state index contributed by atoms with van der Waals surface area (Å²) in [5.41, 5.74) is 1.36. The predicted octanol–water partition coefficient (Wildman–Crippen LogP) is 3.39. The molecule has 1 amide bonds. The van der Waals surface area contributed by atoms with Crippen molar-refractivity contribution in [1.29, 1.82) is 0 Å². The van der Waals surface area contributed by atoms with Crippen LogP contribution in [0.5, 0.6) is 0 Å². The monoisotopic (exact) mass is 344 g/mol. The predicted molar refractivity (Wildman–Crippen MR) is 100 cm³/mol. The summed E-state index contributed by atoms with van der Waals surface area (Å²) in [6, 6.07) is 11.1. The zero-order chi connectivity index (χ0) is 17.5. The highest BCUT2D eigenvalue weighted by Crippen LogP contribution is 2.34. The quantitative estimate of drug-likeness (QED) is 0.860. The third-order valence-corrected chi connectivity index (χ3v) is 5.74. The smallest absolute Gasteiger partial charge is 0.220 e. The van der Waals surface area contributed by atoms with Crippen molar-refractivity contribution in [2.24, 2.45) is 11.8 Å². The van der Waals surface area contributed by atoms with Crippen molar-refractivity contribution in [3.05, 3.63) is 35.9 Å². The third-order valence-electron chi connectivity index (χ3n) is 5.74. The van der Waals surface area contributed by atoms with E-state index in [4.69, 9.17) is 4.74 Å². The van der Waals surface area contributed by atoms with Gasteiger partial charge in [-0.25, -0.2) is 0 Å². The normalized spacial score (nSPS) is 27.8. The molecule has 2 aliphatic rings. The Balaban J connectivity index is 1.49. The van der Waals surface area contributed by atoms with E-state index in [0.29, 0.717) is 24.3 Å². The maximum atomic E-state index is 12.3. The minimum absolute atomic E-state index is 0.200. The molecule has 1 aromatic rings. The molecule has 2 aliphatic heterocycles. The fraction of sp³-hybridized carbons (Fsp3) is 0.667. The molecular weight excluding hydrogens is 312 g/mol. The molecule has 25 heavy (non-hydrogen) atoms. The van der Waals surface area contributed by atoms with Gasteiger partial charge in [-0.3, -0.25) is 9.69 Å². The van der Waals surface area contributed by atoms with Crippen LogP contribution in [0.2, 0.25) is 0 Å². The molecule has 2 fully saturated rings. The third kappa shape index (κ3) is 5.29. The van der Waals surface area contributed by atoms with E-state index < -0.39 is 0 Å². The number of likely N-dealkylation sites (tertiary alicyclic amines) is 1. The Morgan fingerprint density at radius 1 is 1.24 bits per heavy atom. The van der Waals surface area contributed by atoms with Crippen LogP contribution in [0, 0.1) is 11.8 Å². The van der Waals surface area contributed by atoms with Gasteiger partial charge in [0.15, 0.2) is 0 Å². The van der Waals surface area contributed by atoms with Crippen molar-refractivity contribution in [1.82, 2.24) is 10.2 Å². The fourth-order valence-corrected chi connectivity index (χ4v) is 4.35. The van der Waals surface area contributed by atoms with E-state index in [-0.39, 0.29) is 5.91 Å². The van der Waals surface area contributed by atoms with E-state index >= 15 is 0 Å². The molecule has 1 N–H and O–H groups in total. The average Bonchev–Trinajstić information content (AvgIpc) is 2.66. The van der Waals surface area contributed by atoms with Crippen molar-refractivity contribution in [2.45, 2.75) is 44.6 Å². The summed E-state index contributed by atoms with van der Waals surface area (Å²) < 4.78 is 5.51. The van der Waals surface area contributed by atoms with Gasteiger partial charge >= 0.3 is 0 Å². The van der Waals surface area contributed by atoms with Crippen LogP contribution in [-0.2, 0) is 9.53 Å². The highest BCUT2D eigenvalue weighted by Gasteiger charge is 2.30. The number of amides is 1. The van der Waals surface area contributed by atoms with Crippen molar-refractivity contribution in [2.75, 3.05) is 33.4 Å². The highest BCUT2D eigenvalue weighted by molar-refractivity contribution is 5.75. The van der Waals surface area contributed by atoms with Crippen LogP contribution in [0.1, 0.15) is 50.1 Å². The lowest BCUT2D eigenvalue weighted by molar-refractivity contribution is -0.122. The Kier molecular flexibility index (Phi) is 6.88. The summed E-state index contributed by atoms with van der Waals surface area (Å²) in [6.07, 6.45) is 6.32. The van der Waals surface area contributed by atoms with Crippen LogP contribution in [0.15, 0.2) is 30.3 Å². The van der Waals surface area contributed by atoms with Crippen LogP contribution in [0.25, 0.3) is 0 Å². The minimum Gasteiger partial charge on any atom is -0.381 e. The number of carbonyl (C=O) groups excluding carboxylic acids is 1. The fourth-order valence-electron chi connectivity index (χ4n) is 4.35. The molecule has 4 nitrogen and oxygen atoms in total. The number of rotatable bonds is 6. The van der Waals surface area contributed by atoms with Crippen LogP contribution in [-0.4, -0.2) is 44.2 Å². The first-order chi connectivity index (χ1) is 12.2. The SMILES string of the molecule is CN1CCC[C@H](CNC(=O)CC[C@H]2CCCOC2)[C@H]1c1ccccc1. The van der Waals surface area contributed by atoms with Crippen LogP contribution < -0.4 is 5.32 Å². The summed E-state index contributed by atoms with van der Waals surface area (Å²) in [5, 5.41) is 3.21. The maximum Gasteiger partial charge on any atom is 0.220 e. The molecule has 0 unspecified atom stereocenters. The molecule has 0 radical (unpaired) electrons. The van der Waals surface area contributed by atoms with Crippen LogP contribution in [0.4, 0.5) is 0 Å². The lowest BCUT2D eigenvalue weighted by Gasteiger charge is -2.39. The van der Waals surface area contributed by atoms with Crippen molar-refractivity contribution < 1.29 is 9.53 Å². The maximum absolute atomic E-state index is 12.3. The van der Waals surface area contributed by atoms with Gasteiger partial charge < -0.3 is 10.1 Å². The van der Waals surface area contributed by atoms with E-state index in [1.54, 1.807) is 0 Å². The molecule has 0 aromatic heterocycles. The second kappa shape index (κ2) is 9.35. The van der Waals surface area contributed by atoms with Gasteiger partial charge in [0, 0.05) is 32.2 Å². The van der Waals surface area contributed by atoms with Gasteiger partial charge in [-0.1, -0.05) is 30.3 Å². The largest absolute Gasteiger partial charge is 0.381 e. The molecule has 0 bridgehead atoms. The van der Waals surface area contributed by atoms with Gasteiger partial charge in [0.25, 0.3) is 0 Å². The molecule has 0 saturated carbocycles. The molecule has 2 heterocycles. The Morgan fingerprint density at radius 2 is 2.08 bits per heavy atom. The first kappa shape index (κ1) is 18.4. The molecule has 0 spiro atoms.